The Morgan fingerprint density at radius 2 is 1.75 bits per heavy atom. The largest absolute Gasteiger partial charge is 0.497 e. The minimum Gasteiger partial charge on any atom is -0.497 e. The van der Waals surface area contributed by atoms with Gasteiger partial charge >= 0.3 is 0 Å². The molecule has 0 spiro atoms. The molecule has 2 heterocycles. The lowest BCUT2D eigenvalue weighted by Crippen LogP contribution is -2.24. The van der Waals surface area contributed by atoms with Gasteiger partial charge in [0, 0.05) is 18.6 Å². The van der Waals surface area contributed by atoms with Crippen LogP contribution in [0.5, 0.6) is 17.2 Å². The van der Waals surface area contributed by atoms with Crippen molar-refractivity contribution in [2.45, 2.75) is 25.6 Å². The molecule has 1 aromatic heterocycles. The molecule has 0 amide bonds. The van der Waals surface area contributed by atoms with Crippen LogP contribution in [0.2, 0.25) is 0 Å². The van der Waals surface area contributed by atoms with Crippen molar-refractivity contribution in [1.29, 1.82) is 0 Å². The van der Waals surface area contributed by atoms with Crippen molar-refractivity contribution >= 4 is 11.0 Å². The number of hydrogen-bond acceptors (Lipinski definition) is 6. The van der Waals surface area contributed by atoms with Gasteiger partial charge in [0.2, 0.25) is 0 Å². The third kappa shape index (κ3) is 3.68. The van der Waals surface area contributed by atoms with Gasteiger partial charge in [-0.05, 0) is 42.7 Å². The summed E-state index contributed by atoms with van der Waals surface area (Å²) in [5.74, 6) is 1.83. The van der Waals surface area contributed by atoms with Crippen molar-refractivity contribution in [3.8, 4) is 28.4 Å². The molecule has 28 heavy (non-hydrogen) atoms. The van der Waals surface area contributed by atoms with Crippen molar-refractivity contribution in [3.05, 3.63) is 52.9 Å². The van der Waals surface area contributed by atoms with E-state index in [0.29, 0.717) is 46.0 Å². The topological polar surface area (TPSA) is 67.1 Å². The van der Waals surface area contributed by atoms with Gasteiger partial charge in [-0.2, -0.15) is 0 Å². The molecule has 1 aliphatic rings. The monoisotopic (exact) mass is 382 g/mol. The molecule has 3 aromatic rings. The van der Waals surface area contributed by atoms with E-state index in [1.54, 1.807) is 50.6 Å². The normalized spacial score (nSPS) is 16.7. The Kier molecular flexibility index (Phi) is 5.21. The summed E-state index contributed by atoms with van der Waals surface area (Å²) >= 11 is 0. The average molecular weight is 382 g/mol. The average Bonchev–Trinajstić information content (AvgIpc) is 2.74. The van der Waals surface area contributed by atoms with E-state index >= 15 is 0 Å². The smallest absolute Gasteiger partial charge is 0.200 e. The second-order valence-corrected chi connectivity index (χ2v) is 6.65. The molecule has 4 rings (SSSR count). The first kappa shape index (κ1) is 18.4. The molecule has 146 valence electrons. The Bertz CT molecular complexity index is 1010. The summed E-state index contributed by atoms with van der Waals surface area (Å²) in [6, 6.07) is 10.5. The van der Waals surface area contributed by atoms with Crippen LogP contribution in [0.4, 0.5) is 0 Å². The Morgan fingerprint density at radius 3 is 2.43 bits per heavy atom. The fourth-order valence-electron chi connectivity index (χ4n) is 3.30. The molecule has 0 aliphatic carbocycles. The molecule has 0 radical (unpaired) electrons. The van der Waals surface area contributed by atoms with Gasteiger partial charge in [-0.3, -0.25) is 4.79 Å². The van der Waals surface area contributed by atoms with E-state index in [9.17, 15) is 4.79 Å². The van der Waals surface area contributed by atoms with Gasteiger partial charge in [0.15, 0.2) is 11.7 Å². The van der Waals surface area contributed by atoms with Crippen molar-refractivity contribution in [2.75, 3.05) is 20.8 Å². The highest BCUT2D eigenvalue weighted by Gasteiger charge is 2.17. The summed E-state index contributed by atoms with van der Waals surface area (Å²) < 4.78 is 27.8. The SMILES string of the molecule is COc1cc(OC)cc(-c2coc3cc(OC4CCCCO4)ccc3c2=O)c1. The lowest BCUT2D eigenvalue weighted by atomic mass is 10.0. The standard InChI is InChI=1S/C22H22O6/c1-24-16-9-14(10-17(11-16)25-2)19-13-27-20-12-15(6-7-18(20)22(19)23)28-21-5-3-4-8-26-21/h6-7,9-13,21H,3-5,8H2,1-2H3. The van der Waals surface area contributed by atoms with Crippen LogP contribution in [0.25, 0.3) is 22.1 Å². The Balaban J connectivity index is 1.69. The fourth-order valence-corrected chi connectivity index (χ4v) is 3.30. The van der Waals surface area contributed by atoms with Gasteiger partial charge in [0.25, 0.3) is 0 Å². The summed E-state index contributed by atoms with van der Waals surface area (Å²) in [5, 5.41) is 0.483. The molecule has 1 unspecified atom stereocenters. The predicted octanol–water partition coefficient (Wildman–Crippen LogP) is 4.38. The minimum atomic E-state index is -0.249. The molecule has 6 heteroatoms. The zero-order chi connectivity index (χ0) is 19.5. The quantitative estimate of drug-likeness (QED) is 0.652. The minimum absolute atomic E-state index is 0.128. The van der Waals surface area contributed by atoms with Crippen molar-refractivity contribution in [1.82, 2.24) is 0 Å². The maximum absolute atomic E-state index is 13.0. The first-order valence-corrected chi connectivity index (χ1v) is 9.25. The zero-order valence-electron chi connectivity index (χ0n) is 15.9. The first-order valence-electron chi connectivity index (χ1n) is 9.25. The summed E-state index contributed by atoms with van der Waals surface area (Å²) in [6.45, 7) is 0.709. The number of methoxy groups -OCH3 is 2. The number of benzene rings is 2. The third-order valence-electron chi connectivity index (χ3n) is 4.81. The fraction of sp³-hybridized carbons (Fsp3) is 0.318. The van der Waals surface area contributed by atoms with Crippen LogP contribution in [0.15, 0.2) is 51.9 Å². The molecule has 6 nitrogen and oxygen atoms in total. The van der Waals surface area contributed by atoms with Gasteiger partial charge in [0.05, 0.1) is 31.8 Å². The summed E-state index contributed by atoms with van der Waals surface area (Å²) in [7, 11) is 3.14. The van der Waals surface area contributed by atoms with Gasteiger partial charge in [-0.25, -0.2) is 0 Å². The van der Waals surface area contributed by atoms with Gasteiger partial charge < -0.3 is 23.4 Å². The second kappa shape index (κ2) is 7.94. The van der Waals surface area contributed by atoms with Crippen LogP contribution in [0.3, 0.4) is 0 Å². The highest BCUT2D eigenvalue weighted by molar-refractivity contribution is 5.83. The Hall–Kier alpha value is -2.99. The van der Waals surface area contributed by atoms with Crippen molar-refractivity contribution < 1.29 is 23.4 Å². The zero-order valence-corrected chi connectivity index (χ0v) is 15.9. The summed E-state index contributed by atoms with van der Waals surface area (Å²) in [4.78, 5) is 13.0. The van der Waals surface area contributed by atoms with Gasteiger partial charge in [-0.1, -0.05) is 0 Å². The van der Waals surface area contributed by atoms with Crippen LogP contribution >= 0.6 is 0 Å². The number of rotatable bonds is 5. The van der Waals surface area contributed by atoms with Crippen LogP contribution in [-0.2, 0) is 4.74 Å². The van der Waals surface area contributed by atoms with Crippen molar-refractivity contribution in [2.24, 2.45) is 0 Å². The Labute approximate surface area is 162 Å². The molecule has 1 saturated heterocycles. The van der Waals surface area contributed by atoms with E-state index in [0.717, 1.165) is 19.3 Å². The lowest BCUT2D eigenvalue weighted by molar-refractivity contribution is -0.105. The van der Waals surface area contributed by atoms with E-state index in [-0.39, 0.29) is 11.7 Å². The van der Waals surface area contributed by atoms with E-state index < -0.39 is 0 Å². The Morgan fingerprint density at radius 1 is 0.964 bits per heavy atom. The summed E-state index contributed by atoms with van der Waals surface area (Å²) in [5.41, 5.74) is 1.45. The predicted molar refractivity (Wildman–Crippen MR) is 105 cm³/mol. The molecular formula is C22H22O6. The molecule has 2 aromatic carbocycles. The number of hydrogen-bond donors (Lipinski definition) is 0. The first-order chi connectivity index (χ1) is 13.7. The highest BCUT2D eigenvalue weighted by Crippen LogP contribution is 2.30. The number of fused-ring (bicyclic) bond motifs is 1. The molecule has 0 saturated carbocycles. The lowest BCUT2D eigenvalue weighted by Gasteiger charge is -2.23. The van der Waals surface area contributed by atoms with E-state index in [1.807, 2.05) is 0 Å². The molecule has 1 fully saturated rings. The van der Waals surface area contributed by atoms with Gasteiger partial charge in [-0.15, -0.1) is 0 Å². The maximum Gasteiger partial charge on any atom is 0.200 e. The van der Waals surface area contributed by atoms with E-state index in [1.165, 1.54) is 6.26 Å². The van der Waals surface area contributed by atoms with Crippen LogP contribution < -0.4 is 19.6 Å². The second-order valence-electron chi connectivity index (χ2n) is 6.65. The maximum atomic E-state index is 13.0. The van der Waals surface area contributed by atoms with E-state index in [2.05, 4.69) is 0 Å². The third-order valence-corrected chi connectivity index (χ3v) is 4.81. The molecule has 0 N–H and O–H groups in total. The highest BCUT2D eigenvalue weighted by atomic mass is 16.7. The van der Waals surface area contributed by atoms with Crippen molar-refractivity contribution in [3.63, 3.8) is 0 Å². The molecule has 1 aliphatic heterocycles. The summed E-state index contributed by atoms with van der Waals surface area (Å²) in [6.07, 6.45) is 4.21. The van der Waals surface area contributed by atoms with Crippen LogP contribution in [-0.4, -0.2) is 27.1 Å². The number of ether oxygens (including phenoxy) is 4. The van der Waals surface area contributed by atoms with Gasteiger partial charge in [0.1, 0.15) is 29.1 Å². The molecule has 0 bridgehead atoms. The molecule has 1 atom stereocenters. The van der Waals surface area contributed by atoms with E-state index in [4.69, 9.17) is 23.4 Å². The van der Waals surface area contributed by atoms with Crippen LogP contribution in [0.1, 0.15) is 19.3 Å². The molecular weight excluding hydrogens is 360 g/mol. The van der Waals surface area contributed by atoms with Crippen LogP contribution in [0, 0.1) is 0 Å².